The van der Waals surface area contributed by atoms with Gasteiger partial charge in [-0.1, -0.05) is 0 Å². The van der Waals surface area contributed by atoms with Crippen LogP contribution in [0.1, 0.15) is 6.42 Å². The Morgan fingerprint density at radius 2 is 2.54 bits per heavy atom. The van der Waals surface area contributed by atoms with Crippen molar-refractivity contribution in [1.82, 2.24) is 10.6 Å². The standard InChI is InChI=1S/C8H15FN2O2/c1-10-4-8(9)3-6(11-5-8)7(12)13-2/h6,10-11H,3-5H2,1-2H3/t6-,8-/m0/s1. The predicted molar refractivity (Wildman–Crippen MR) is 46.2 cm³/mol. The second kappa shape index (κ2) is 4.02. The van der Waals surface area contributed by atoms with E-state index in [4.69, 9.17) is 0 Å². The second-order valence-corrected chi connectivity index (χ2v) is 3.34. The largest absolute Gasteiger partial charge is 0.468 e. The third kappa shape index (κ3) is 2.38. The summed E-state index contributed by atoms with van der Waals surface area (Å²) in [4.78, 5) is 11.0. The molecule has 1 heterocycles. The van der Waals surface area contributed by atoms with Crippen molar-refractivity contribution >= 4 is 5.97 Å². The van der Waals surface area contributed by atoms with E-state index in [1.165, 1.54) is 7.11 Å². The van der Waals surface area contributed by atoms with Crippen LogP contribution in [0.4, 0.5) is 4.39 Å². The van der Waals surface area contributed by atoms with Crippen molar-refractivity contribution in [3.63, 3.8) is 0 Å². The minimum Gasteiger partial charge on any atom is -0.468 e. The molecule has 0 aliphatic carbocycles. The molecule has 2 N–H and O–H groups in total. The van der Waals surface area contributed by atoms with E-state index in [1.54, 1.807) is 7.05 Å². The Morgan fingerprint density at radius 3 is 3.08 bits per heavy atom. The zero-order valence-electron chi connectivity index (χ0n) is 7.89. The monoisotopic (exact) mass is 190 g/mol. The number of carbonyl (C=O) groups is 1. The Morgan fingerprint density at radius 1 is 1.85 bits per heavy atom. The molecule has 1 fully saturated rings. The van der Waals surface area contributed by atoms with Crippen LogP contribution in [0.3, 0.4) is 0 Å². The lowest BCUT2D eigenvalue weighted by Gasteiger charge is -2.17. The lowest BCUT2D eigenvalue weighted by molar-refractivity contribution is -0.142. The number of esters is 1. The fourth-order valence-electron chi connectivity index (χ4n) is 1.58. The fourth-order valence-corrected chi connectivity index (χ4v) is 1.58. The maximum atomic E-state index is 13.7. The highest BCUT2D eigenvalue weighted by Gasteiger charge is 2.41. The van der Waals surface area contributed by atoms with Crippen molar-refractivity contribution in [2.45, 2.75) is 18.1 Å². The molecule has 0 radical (unpaired) electrons. The SMILES string of the molecule is CNC[C@]1(F)CN[C@H](C(=O)OC)C1. The highest BCUT2D eigenvalue weighted by Crippen LogP contribution is 2.23. The second-order valence-electron chi connectivity index (χ2n) is 3.34. The number of methoxy groups -OCH3 is 1. The Bertz CT molecular complexity index is 201. The van der Waals surface area contributed by atoms with Crippen LogP contribution in [-0.2, 0) is 9.53 Å². The van der Waals surface area contributed by atoms with Gasteiger partial charge in [-0.3, -0.25) is 4.79 Å². The molecule has 2 atom stereocenters. The van der Waals surface area contributed by atoms with E-state index in [0.29, 0.717) is 0 Å². The van der Waals surface area contributed by atoms with Crippen LogP contribution >= 0.6 is 0 Å². The number of ether oxygens (including phenoxy) is 1. The molecule has 1 rings (SSSR count). The van der Waals surface area contributed by atoms with E-state index < -0.39 is 17.7 Å². The first kappa shape index (κ1) is 10.4. The molecule has 13 heavy (non-hydrogen) atoms. The van der Waals surface area contributed by atoms with Gasteiger partial charge in [0, 0.05) is 19.5 Å². The van der Waals surface area contributed by atoms with Crippen LogP contribution in [0.2, 0.25) is 0 Å². The van der Waals surface area contributed by atoms with E-state index in [1.807, 2.05) is 0 Å². The fraction of sp³-hybridized carbons (Fsp3) is 0.875. The average Bonchev–Trinajstić information content (AvgIpc) is 2.47. The Hall–Kier alpha value is -0.680. The first-order valence-electron chi connectivity index (χ1n) is 4.26. The van der Waals surface area contributed by atoms with E-state index in [-0.39, 0.29) is 19.5 Å². The van der Waals surface area contributed by atoms with E-state index in [0.717, 1.165) is 0 Å². The molecule has 1 aliphatic rings. The summed E-state index contributed by atoms with van der Waals surface area (Å²) in [5, 5.41) is 5.55. The van der Waals surface area contributed by atoms with Gasteiger partial charge in [-0.15, -0.1) is 0 Å². The normalized spacial score (nSPS) is 33.3. The van der Waals surface area contributed by atoms with Gasteiger partial charge in [0.25, 0.3) is 0 Å². The summed E-state index contributed by atoms with van der Waals surface area (Å²) < 4.78 is 18.2. The molecule has 0 bridgehead atoms. The molecule has 0 aromatic carbocycles. The first-order valence-corrected chi connectivity index (χ1v) is 4.26. The van der Waals surface area contributed by atoms with Gasteiger partial charge < -0.3 is 15.4 Å². The summed E-state index contributed by atoms with van der Waals surface area (Å²) in [6, 6.07) is -0.497. The Kier molecular flexibility index (Phi) is 3.22. The van der Waals surface area contributed by atoms with Gasteiger partial charge in [-0.2, -0.15) is 0 Å². The smallest absolute Gasteiger partial charge is 0.322 e. The molecule has 0 spiro atoms. The van der Waals surface area contributed by atoms with Gasteiger partial charge in [0.1, 0.15) is 11.7 Å². The molecule has 4 nitrogen and oxygen atoms in total. The topological polar surface area (TPSA) is 50.4 Å². The molecule has 0 aromatic rings. The van der Waals surface area contributed by atoms with E-state index in [9.17, 15) is 9.18 Å². The number of rotatable bonds is 3. The number of halogens is 1. The van der Waals surface area contributed by atoms with Crippen LogP contribution in [0.25, 0.3) is 0 Å². The van der Waals surface area contributed by atoms with Crippen LogP contribution in [0, 0.1) is 0 Å². The van der Waals surface area contributed by atoms with Gasteiger partial charge in [0.15, 0.2) is 0 Å². The van der Waals surface area contributed by atoms with Gasteiger partial charge in [-0.25, -0.2) is 4.39 Å². The number of alkyl halides is 1. The van der Waals surface area contributed by atoms with Crippen LogP contribution in [0.5, 0.6) is 0 Å². The summed E-state index contributed by atoms with van der Waals surface area (Å²) in [6.45, 7) is 0.459. The highest BCUT2D eigenvalue weighted by molar-refractivity contribution is 5.76. The summed E-state index contributed by atoms with van der Waals surface area (Å²) in [5.74, 6) is -0.393. The minimum absolute atomic E-state index is 0.181. The lowest BCUT2D eigenvalue weighted by atomic mass is 10.0. The quantitative estimate of drug-likeness (QED) is 0.586. The molecule has 1 saturated heterocycles. The first-order chi connectivity index (χ1) is 6.11. The van der Waals surface area contributed by atoms with Crippen molar-refractivity contribution in [3.05, 3.63) is 0 Å². The van der Waals surface area contributed by atoms with Crippen LogP contribution < -0.4 is 10.6 Å². The van der Waals surface area contributed by atoms with Crippen LogP contribution in [0.15, 0.2) is 0 Å². The molecule has 1 aliphatic heterocycles. The van der Waals surface area contributed by atoms with E-state index >= 15 is 0 Å². The highest BCUT2D eigenvalue weighted by atomic mass is 19.1. The van der Waals surface area contributed by atoms with Gasteiger partial charge in [-0.05, 0) is 7.05 Å². The maximum Gasteiger partial charge on any atom is 0.322 e. The minimum atomic E-state index is -1.33. The third-order valence-electron chi connectivity index (χ3n) is 2.21. The Labute approximate surface area is 76.8 Å². The summed E-state index contributed by atoms with van der Waals surface area (Å²) in [6.07, 6.45) is 0.181. The molecule has 0 unspecified atom stereocenters. The molecular formula is C8H15FN2O2. The van der Waals surface area contributed by atoms with Crippen molar-refractivity contribution in [1.29, 1.82) is 0 Å². The lowest BCUT2D eigenvalue weighted by Crippen LogP contribution is -2.36. The number of nitrogens with one attached hydrogen (secondary N) is 2. The maximum absolute atomic E-state index is 13.7. The zero-order valence-corrected chi connectivity index (χ0v) is 7.89. The van der Waals surface area contributed by atoms with Gasteiger partial charge >= 0.3 is 5.97 Å². The molecular weight excluding hydrogens is 175 g/mol. The zero-order chi connectivity index (χ0) is 9.90. The van der Waals surface area contributed by atoms with Crippen molar-refractivity contribution in [2.24, 2.45) is 0 Å². The molecule has 76 valence electrons. The van der Waals surface area contributed by atoms with Gasteiger partial charge in [0.05, 0.1) is 7.11 Å². The van der Waals surface area contributed by atoms with Crippen molar-refractivity contribution in [3.8, 4) is 0 Å². The van der Waals surface area contributed by atoms with Crippen molar-refractivity contribution < 1.29 is 13.9 Å². The molecule has 5 heteroatoms. The summed E-state index contributed by atoms with van der Waals surface area (Å²) in [5.41, 5.74) is -1.33. The number of hydrogen-bond donors (Lipinski definition) is 2. The predicted octanol–water partition coefficient (Wildman–Crippen LogP) is -0.551. The Balaban J connectivity index is 2.47. The molecule has 0 saturated carbocycles. The molecule has 0 amide bonds. The number of hydrogen-bond acceptors (Lipinski definition) is 4. The van der Waals surface area contributed by atoms with Crippen LogP contribution in [-0.4, -0.2) is 44.9 Å². The number of carbonyl (C=O) groups excluding carboxylic acids is 1. The van der Waals surface area contributed by atoms with Gasteiger partial charge in [0.2, 0.25) is 0 Å². The molecule has 0 aromatic heterocycles. The van der Waals surface area contributed by atoms with Crippen molar-refractivity contribution in [2.75, 3.05) is 27.2 Å². The average molecular weight is 190 g/mol. The summed E-state index contributed by atoms with van der Waals surface area (Å²) >= 11 is 0. The summed E-state index contributed by atoms with van der Waals surface area (Å²) in [7, 11) is 2.99. The van der Waals surface area contributed by atoms with E-state index in [2.05, 4.69) is 15.4 Å². The third-order valence-corrected chi connectivity index (χ3v) is 2.21.